The number of hydrogen-bond donors (Lipinski definition) is 0. The minimum absolute atomic E-state index is 0.253. The van der Waals surface area contributed by atoms with Gasteiger partial charge in [-0.1, -0.05) is 24.3 Å². The molecule has 0 amide bonds. The van der Waals surface area contributed by atoms with E-state index >= 15 is 0 Å². The molecule has 4 heteroatoms. The zero-order valence-corrected chi connectivity index (χ0v) is 12.6. The Kier molecular flexibility index (Phi) is 3.81. The van der Waals surface area contributed by atoms with Crippen LogP contribution in [0.25, 0.3) is 0 Å². The number of rotatable bonds is 3. The van der Waals surface area contributed by atoms with Gasteiger partial charge < -0.3 is 9.31 Å². The molecule has 1 aliphatic rings. The summed E-state index contributed by atoms with van der Waals surface area (Å²) in [6, 6.07) is 8.47. The summed E-state index contributed by atoms with van der Waals surface area (Å²) >= 11 is 1.82. The van der Waals surface area contributed by atoms with Crippen LogP contribution in [0, 0.1) is 0 Å². The predicted molar refractivity (Wildman–Crippen MR) is 79.4 cm³/mol. The molecular formula is C14H21BO2S. The zero-order valence-electron chi connectivity index (χ0n) is 11.8. The van der Waals surface area contributed by atoms with Crippen LogP contribution < -0.4 is 5.46 Å². The largest absolute Gasteiger partial charge is 0.494 e. The van der Waals surface area contributed by atoms with Crippen molar-refractivity contribution >= 4 is 24.3 Å². The second-order valence-corrected chi connectivity index (χ2v) is 6.63. The molecule has 18 heavy (non-hydrogen) atoms. The van der Waals surface area contributed by atoms with Crippen LogP contribution in [0.1, 0.15) is 33.3 Å². The SMILES string of the molecule is CSCc1cccc(B2OC(C)(C)C(C)(C)O2)c1. The van der Waals surface area contributed by atoms with Crippen molar-refractivity contribution in [3.63, 3.8) is 0 Å². The first-order valence-corrected chi connectivity index (χ1v) is 7.68. The summed E-state index contributed by atoms with van der Waals surface area (Å²) < 4.78 is 12.1. The van der Waals surface area contributed by atoms with Crippen molar-refractivity contribution in [2.75, 3.05) is 6.26 Å². The molecule has 98 valence electrons. The van der Waals surface area contributed by atoms with Crippen molar-refractivity contribution in [1.82, 2.24) is 0 Å². The highest BCUT2D eigenvalue weighted by molar-refractivity contribution is 7.97. The summed E-state index contributed by atoms with van der Waals surface area (Å²) in [5, 5.41) is 0. The Bertz CT molecular complexity index is 416. The molecule has 1 heterocycles. The first kappa shape index (κ1) is 14.0. The maximum absolute atomic E-state index is 6.05. The summed E-state index contributed by atoms with van der Waals surface area (Å²) in [5.74, 6) is 1.02. The van der Waals surface area contributed by atoms with Crippen LogP contribution in [-0.2, 0) is 15.1 Å². The van der Waals surface area contributed by atoms with Gasteiger partial charge >= 0.3 is 7.12 Å². The van der Waals surface area contributed by atoms with Crippen LogP contribution in [0.5, 0.6) is 0 Å². The van der Waals surface area contributed by atoms with Crippen molar-refractivity contribution < 1.29 is 9.31 Å². The quantitative estimate of drug-likeness (QED) is 0.782. The number of benzene rings is 1. The second-order valence-electron chi connectivity index (χ2n) is 5.77. The summed E-state index contributed by atoms with van der Waals surface area (Å²) in [4.78, 5) is 0. The van der Waals surface area contributed by atoms with Crippen LogP contribution in [0.2, 0.25) is 0 Å². The van der Waals surface area contributed by atoms with Gasteiger partial charge in [-0.15, -0.1) is 0 Å². The smallest absolute Gasteiger partial charge is 0.399 e. The molecule has 1 aromatic rings. The molecule has 1 aromatic carbocycles. The highest BCUT2D eigenvalue weighted by atomic mass is 32.2. The Morgan fingerprint density at radius 1 is 1.11 bits per heavy atom. The molecule has 0 saturated carbocycles. The third-order valence-corrected chi connectivity index (χ3v) is 4.41. The Morgan fingerprint density at radius 2 is 1.72 bits per heavy atom. The molecule has 0 aromatic heterocycles. The number of hydrogen-bond acceptors (Lipinski definition) is 3. The monoisotopic (exact) mass is 264 g/mol. The molecule has 2 rings (SSSR count). The van der Waals surface area contributed by atoms with E-state index < -0.39 is 0 Å². The summed E-state index contributed by atoms with van der Waals surface area (Å²) in [5.41, 5.74) is 1.88. The highest BCUT2D eigenvalue weighted by Gasteiger charge is 2.51. The molecule has 0 spiro atoms. The van der Waals surface area contributed by atoms with E-state index in [-0.39, 0.29) is 18.3 Å². The third kappa shape index (κ3) is 2.61. The van der Waals surface area contributed by atoms with Gasteiger partial charge in [0.05, 0.1) is 11.2 Å². The molecule has 1 saturated heterocycles. The molecule has 0 radical (unpaired) electrons. The fourth-order valence-electron chi connectivity index (χ4n) is 1.98. The van der Waals surface area contributed by atoms with E-state index in [0.29, 0.717) is 0 Å². The third-order valence-electron chi connectivity index (χ3n) is 3.79. The lowest BCUT2D eigenvalue weighted by Crippen LogP contribution is -2.41. The van der Waals surface area contributed by atoms with Crippen molar-refractivity contribution in [3.8, 4) is 0 Å². The molecule has 1 fully saturated rings. The van der Waals surface area contributed by atoms with E-state index in [1.165, 1.54) is 5.56 Å². The van der Waals surface area contributed by atoms with Gasteiger partial charge in [0.1, 0.15) is 0 Å². The predicted octanol–water partition coefficient (Wildman–Crippen LogP) is 2.85. The maximum Gasteiger partial charge on any atom is 0.494 e. The first-order chi connectivity index (χ1) is 8.36. The minimum atomic E-state index is -0.271. The average molecular weight is 264 g/mol. The van der Waals surface area contributed by atoms with Gasteiger partial charge in [-0.05, 0) is 45.0 Å². The van der Waals surface area contributed by atoms with Gasteiger partial charge in [-0.25, -0.2) is 0 Å². The zero-order chi connectivity index (χ0) is 13.4. The molecular weight excluding hydrogens is 243 g/mol. The average Bonchev–Trinajstić information content (AvgIpc) is 2.49. The molecule has 0 N–H and O–H groups in total. The van der Waals surface area contributed by atoms with Crippen LogP contribution in [0.15, 0.2) is 24.3 Å². The Labute approximate surface area is 115 Å². The lowest BCUT2D eigenvalue weighted by Gasteiger charge is -2.32. The normalized spacial score (nSPS) is 21.3. The summed E-state index contributed by atoms with van der Waals surface area (Å²) in [6.45, 7) is 8.33. The van der Waals surface area contributed by atoms with E-state index in [2.05, 4.69) is 58.2 Å². The van der Waals surface area contributed by atoms with Crippen molar-refractivity contribution in [2.45, 2.75) is 44.6 Å². The van der Waals surface area contributed by atoms with Gasteiger partial charge in [0.25, 0.3) is 0 Å². The van der Waals surface area contributed by atoms with Gasteiger partial charge in [-0.2, -0.15) is 11.8 Å². The summed E-state index contributed by atoms with van der Waals surface area (Å²) in [6.07, 6.45) is 2.11. The van der Waals surface area contributed by atoms with Gasteiger partial charge in [0.15, 0.2) is 0 Å². The fraction of sp³-hybridized carbons (Fsp3) is 0.571. The van der Waals surface area contributed by atoms with E-state index in [4.69, 9.17) is 9.31 Å². The maximum atomic E-state index is 6.05. The van der Waals surface area contributed by atoms with Gasteiger partial charge in [0.2, 0.25) is 0 Å². The standard InChI is InChI=1S/C14H21BO2S/c1-13(2)14(3,4)17-15(16-13)12-8-6-7-11(9-12)10-18-5/h6-9H,10H2,1-5H3. The van der Waals surface area contributed by atoms with Crippen LogP contribution >= 0.6 is 11.8 Å². The van der Waals surface area contributed by atoms with E-state index in [1.54, 1.807) is 0 Å². The molecule has 0 unspecified atom stereocenters. The summed E-state index contributed by atoms with van der Waals surface area (Å²) in [7, 11) is -0.253. The van der Waals surface area contributed by atoms with Crippen molar-refractivity contribution in [1.29, 1.82) is 0 Å². The van der Waals surface area contributed by atoms with Crippen LogP contribution in [-0.4, -0.2) is 24.6 Å². The lowest BCUT2D eigenvalue weighted by molar-refractivity contribution is 0.00578. The lowest BCUT2D eigenvalue weighted by atomic mass is 9.78. The second kappa shape index (κ2) is 4.91. The highest BCUT2D eigenvalue weighted by Crippen LogP contribution is 2.36. The van der Waals surface area contributed by atoms with Crippen molar-refractivity contribution in [2.24, 2.45) is 0 Å². The molecule has 0 bridgehead atoms. The molecule has 2 nitrogen and oxygen atoms in total. The molecule has 0 aliphatic carbocycles. The Hall–Kier alpha value is -0.445. The van der Waals surface area contributed by atoms with E-state index in [1.807, 2.05) is 11.8 Å². The Morgan fingerprint density at radius 3 is 2.28 bits per heavy atom. The van der Waals surface area contributed by atoms with E-state index in [0.717, 1.165) is 11.2 Å². The fourth-order valence-corrected chi connectivity index (χ4v) is 2.49. The van der Waals surface area contributed by atoms with E-state index in [9.17, 15) is 0 Å². The van der Waals surface area contributed by atoms with Crippen LogP contribution in [0.4, 0.5) is 0 Å². The molecule has 0 atom stereocenters. The molecule has 1 aliphatic heterocycles. The first-order valence-electron chi connectivity index (χ1n) is 6.29. The van der Waals surface area contributed by atoms with Crippen LogP contribution in [0.3, 0.4) is 0 Å². The van der Waals surface area contributed by atoms with Gasteiger partial charge in [0, 0.05) is 5.75 Å². The minimum Gasteiger partial charge on any atom is -0.399 e. The number of thioether (sulfide) groups is 1. The van der Waals surface area contributed by atoms with Gasteiger partial charge in [-0.3, -0.25) is 0 Å². The topological polar surface area (TPSA) is 18.5 Å². The van der Waals surface area contributed by atoms with Crippen molar-refractivity contribution in [3.05, 3.63) is 29.8 Å². The Balaban J connectivity index is 2.21.